The van der Waals surface area contributed by atoms with Crippen molar-refractivity contribution in [1.29, 1.82) is 0 Å². The molecular weight excluding hydrogens is 266 g/mol. The number of hydrogen-bond acceptors (Lipinski definition) is 4. The van der Waals surface area contributed by atoms with Gasteiger partial charge in [-0.05, 0) is 30.5 Å². The lowest BCUT2D eigenvalue weighted by atomic mass is 9.79. The van der Waals surface area contributed by atoms with Crippen molar-refractivity contribution in [1.82, 2.24) is 0 Å². The number of benzene rings is 1. The van der Waals surface area contributed by atoms with Crippen LogP contribution in [0.5, 0.6) is 11.5 Å². The van der Waals surface area contributed by atoms with Gasteiger partial charge in [-0.15, -0.1) is 0 Å². The Morgan fingerprint density at radius 3 is 2.71 bits per heavy atom. The molecule has 0 amide bonds. The van der Waals surface area contributed by atoms with E-state index < -0.39 is 0 Å². The van der Waals surface area contributed by atoms with E-state index in [1.54, 1.807) is 7.11 Å². The maximum atomic E-state index is 6.07. The highest BCUT2D eigenvalue weighted by Crippen LogP contribution is 2.43. The molecule has 1 aromatic rings. The van der Waals surface area contributed by atoms with Crippen molar-refractivity contribution in [3.63, 3.8) is 0 Å². The molecule has 1 atom stereocenters. The third-order valence-corrected chi connectivity index (χ3v) is 4.91. The van der Waals surface area contributed by atoms with E-state index in [9.17, 15) is 0 Å². The van der Waals surface area contributed by atoms with Crippen molar-refractivity contribution in [3.8, 4) is 11.5 Å². The molecule has 1 saturated carbocycles. The summed E-state index contributed by atoms with van der Waals surface area (Å²) in [6.45, 7) is 2.14. The Bertz CT molecular complexity index is 477. The van der Waals surface area contributed by atoms with Crippen LogP contribution in [-0.4, -0.2) is 33.0 Å². The second-order valence-corrected chi connectivity index (χ2v) is 6.16. The predicted octanol–water partition coefficient (Wildman–Crippen LogP) is 2.63. The average molecular weight is 291 g/mol. The second-order valence-electron chi connectivity index (χ2n) is 6.16. The van der Waals surface area contributed by atoms with Gasteiger partial charge >= 0.3 is 0 Å². The molecule has 1 heterocycles. The predicted molar refractivity (Wildman–Crippen MR) is 82.0 cm³/mol. The minimum Gasteiger partial charge on any atom is -0.493 e. The van der Waals surface area contributed by atoms with Crippen LogP contribution in [0.3, 0.4) is 0 Å². The van der Waals surface area contributed by atoms with Gasteiger partial charge in [0.05, 0.1) is 20.3 Å². The van der Waals surface area contributed by atoms with Gasteiger partial charge in [0.25, 0.3) is 0 Å². The molecule has 0 bridgehead atoms. The lowest BCUT2D eigenvalue weighted by Gasteiger charge is -2.28. The van der Waals surface area contributed by atoms with Crippen LogP contribution in [-0.2, 0) is 10.2 Å². The van der Waals surface area contributed by atoms with Crippen molar-refractivity contribution < 1.29 is 14.2 Å². The second kappa shape index (κ2) is 6.24. The lowest BCUT2D eigenvalue weighted by molar-refractivity contribution is 0.138. The first-order valence-corrected chi connectivity index (χ1v) is 7.90. The molecular formula is C17H25NO3. The molecule has 2 fully saturated rings. The van der Waals surface area contributed by atoms with Crippen LogP contribution in [0.4, 0.5) is 0 Å². The van der Waals surface area contributed by atoms with Crippen molar-refractivity contribution in [2.45, 2.75) is 43.6 Å². The minimum atomic E-state index is 0.127. The molecule has 2 N–H and O–H groups in total. The summed E-state index contributed by atoms with van der Waals surface area (Å²) in [5.41, 5.74) is 7.49. The van der Waals surface area contributed by atoms with Crippen LogP contribution in [0.25, 0.3) is 0 Å². The Kier molecular flexibility index (Phi) is 4.36. The van der Waals surface area contributed by atoms with Crippen molar-refractivity contribution >= 4 is 0 Å². The first kappa shape index (κ1) is 14.7. The van der Waals surface area contributed by atoms with Crippen molar-refractivity contribution in [3.05, 3.63) is 23.8 Å². The Morgan fingerprint density at radius 1 is 1.29 bits per heavy atom. The van der Waals surface area contributed by atoms with Crippen LogP contribution < -0.4 is 15.2 Å². The first-order chi connectivity index (χ1) is 10.3. The Labute approximate surface area is 126 Å². The number of rotatable bonds is 5. The smallest absolute Gasteiger partial charge is 0.161 e. The van der Waals surface area contributed by atoms with Crippen LogP contribution >= 0.6 is 0 Å². The zero-order valence-corrected chi connectivity index (χ0v) is 12.8. The van der Waals surface area contributed by atoms with Crippen LogP contribution in [0.15, 0.2) is 18.2 Å². The van der Waals surface area contributed by atoms with E-state index in [0.717, 1.165) is 24.5 Å². The normalized spacial score (nSPS) is 24.2. The number of methoxy groups -OCH3 is 1. The average Bonchev–Trinajstić information content (AvgIpc) is 3.19. The van der Waals surface area contributed by atoms with Gasteiger partial charge in [-0.1, -0.05) is 18.9 Å². The van der Waals surface area contributed by atoms with Gasteiger partial charge in [0.15, 0.2) is 11.5 Å². The van der Waals surface area contributed by atoms with E-state index in [1.165, 1.54) is 31.2 Å². The van der Waals surface area contributed by atoms with E-state index >= 15 is 0 Å². The molecule has 1 aliphatic heterocycles. The molecule has 0 aromatic heterocycles. The molecule has 0 radical (unpaired) electrons. The molecule has 3 rings (SSSR count). The lowest BCUT2D eigenvalue weighted by Crippen LogP contribution is -2.32. The molecule has 1 aliphatic carbocycles. The molecule has 0 spiro atoms. The van der Waals surface area contributed by atoms with Crippen molar-refractivity contribution in [2.75, 3.05) is 26.9 Å². The highest BCUT2D eigenvalue weighted by Gasteiger charge is 2.35. The zero-order chi connectivity index (χ0) is 14.7. The summed E-state index contributed by atoms with van der Waals surface area (Å²) in [7, 11) is 1.70. The molecule has 1 unspecified atom stereocenters. The minimum absolute atomic E-state index is 0.127. The first-order valence-electron chi connectivity index (χ1n) is 7.90. The monoisotopic (exact) mass is 291 g/mol. The summed E-state index contributed by atoms with van der Waals surface area (Å²) < 4.78 is 16.9. The summed E-state index contributed by atoms with van der Waals surface area (Å²) in [6, 6.07) is 6.30. The maximum Gasteiger partial charge on any atom is 0.161 e. The van der Waals surface area contributed by atoms with E-state index in [4.69, 9.17) is 19.9 Å². The Hall–Kier alpha value is -1.26. The topological polar surface area (TPSA) is 53.7 Å². The summed E-state index contributed by atoms with van der Waals surface area (Å²) in [4.78, 5) is 0. The summed E-state index contributed by atoms with van der Waals surface area (Å²) >= 11 is 0. The van der Waals surface area contributed by atoms with Gasteiger partial charge < -0.3 is 19.9 Å². The molecule has 4 heteroatoms. The number of nitrogens with two attached hydrogens (primary N) is 1. The van der Waals surface area contributed by atoms with Crippen LogP contribution in [0.2, 0.25) is 0 Å². The quantitative estimate of drug-likeness (QED) is 0.906. The summed E-state index contributed by atoms with van der Waals surface area (Å²) in [6.07, 6.45) is 5.94. The summed E-state index contributed by atoms with van der Waals surface area (Å²) in [5, 5.41) is 0. The van der Waals surface area contributed by atoms with Gasteiger partial charge in [0.2, 0.25) is 0 Å². The number of hydrogen-bond donors (Lipinski definition) is 1. The van der Waals surface area contributed by atoms with Gasteiger partial charge in [-0.2, -0.15) is 0 Å². The van der Waals surface area contributed by atoms with Crippen LogP contribution in [0.1, 0.15) is 37.7 Å². The van der Waals surface area contributed by atoms with Gasteiger partial charge in [-0.3, -0.25) is 0 Å². The standard InChI is InChI=1S/C17H25NO3/c1-19-16-10-13(17(12-18)7-2-3-8-17)4-5-15(16)21-14-6-9-20-11-14/h4-5,10,14H,2-3,6-9,11-12,18H2,1H3. The van der Waals surface area contributed by atoms with E-state index in [2.05, 4.69) is 12.1 Å². The van der Waals surface area contributed by atoms with Gasteiger partial charge in [0.1, 0.15) is 6.10 Å². The van der Waals surface area contributed by atoms with E-state index in [-0.39, 0.29) is 11.5 Å². The fourth-order valence-electron chi connectivity index (χ4n) is 3.54. The maximum absolute atomic E-state index is 6.07. The van der Waals surface area contributed by atoms with Gasteiger partial charge in [-0.25, -0.2) is 0 Å². The largest absolute Gasteiger partial charge is 0.493 e. The molecule has 2 aliphatic rings. The van der Waals surface area contributed by atoms with E-state index in [0.29, 0.717) is 13.2 Å². The molecule has 4 nitrogen and oxygen atoms in total. The third-order valence-electron chi connectivity index (χ3n) is 4.91. The molecule has 116 valence electrons. The van der Waals surface area contributed by atoms with Crippen LogP contribution in [0, 0.1) is 0 Å². The third kappa shape index (κ3) is 2.87. The highest BCUT2D eigenvalue weighted by molar-refractivity contribution is 5.46. The van der Waals surface area contributed by atoms with E-state index in [1.807, 2.05) is 6.07 Å². The molecule has 1 saturated heterocycles. The van der Waals surface area contributed by atoms with Gasteiger partial charge in [0, 0.05) is 18.4 Å². The fraction of sp³-hybridized carbons (Fsp3) is 0.647. The number of ether oxygens (including phenoxy) is 3. The molecule has 21 heavy (non-hydrogen) atoms. The Balaban J connectivity index is 1.84. The highest BCUT2D eigenvalue weighted by atomic mass is 16.6. The fourth-order valence-corrected chi connectivity index (χ4v) is 3.54. The Morgan fingerprint density at radius 2 is 2.10 bits per heavy atom. The summed E-state index contributed by atoms with van der Waals surface area (Å²) in [5.74, 6) is 1.61. The SMILES string of the molecule is COc1cc(C2(CN)CCCC2)ccc1OC1CCOC1. The zero-order valence-electron chi connectivity index (χ0n) is 12.8. The van der Waals surface area contributed by atoms with Crippen molar-refractivity contribution in [2.24, 2.45) is 5.73 Å². The molecule has 1 aromatic carbocycles.